The molecule has 0 spiro atoms. The molecule has 4 nitrogen and oxygen atoms in total. The zero-order valence-corrected chi connectivity index (χ0v) is 12.9. The van der Waals surface area contributed by atoms with Crippen LogP contribution in [-0.4, -0.2) is 15.7 Å². The molecule has 4 heteroatoms. The molecule has 0 bridgehead atoms. The lowest BCUT2D eigenvalue weighted by Crippen LogP contribution is -2.30. The Morgan fingerprint density at radius 2 is 1.86 bits per heavy atom. The van der Waals surface area contributed by atoms with Crippen LogP contribution in [0.3, 0.4) is 0 Å². The van der Waals surface area contributed by atoms with Gasteiger partial charge in [0.05, 0.1) is 17.2 Å². The minimum Gasteiger partial charge on any atom is -0.272 e. The normalized spacial score (nSPS) is 18.1. The van der Waals surface area contributed by atoms with E-state index in [0.29, 0.717) is 5.36 Å². The standard InChI is InChI=1S/C18H21N3O/c1-18(11-6-3-7-12-18)17(22)20-15-10-13-21(19-14-15)16-8-4-2-5-9-16/h2,4-5,8-10,13-14H,3,6-7,11-12H2,1H3/b20-15+. The van der Waals surface area contributed by atoms with Crippen LogP contribution in [0, 0.1) is 5.41 Å². The number of benzene rings is 1. The smallest absolute Gasteiger partial charge is 0.252 e. The molecule has 1 heterocycles. The van der Waals surface area contributed by atoms with E-state index in [1.165, 1.54) is 6.42 Å². The van der Waals surface area contributed by atoms with Crippen molar-refractivity contribution >= 4 is 5.91 Å². The molecule has 0 saturated heterocycles. The molecule has 1 aromatic carbocycles. The van der Waals surface area contributed by atoms with Crippen LogP contribution in [0.5, 0.6) is 0 Å². The quantitative estimate of drug-likeness (QED) is 0.853. The van der Waals surface area contributed by atoms with Crippen LogP contribution in [0.25, 0.3) is 5.69 Å². The summed E-state index contributed by atoms with van der Waals surface area (Å²) in [4.78, 5) is 16.7. The van der Waals surface area contributed by atoms with E-state index in [0.717, 1.165) is 31.4 Å². The molecule has 22 heavy (non-hydrogen) atoms. The summed E-state index contributed by atoms with van der Waals surface area (Å²) in [5.41, 5.74) is 0.698. The number of hydrogen-bond acceptors (Lipinski definition) is 2. The van der Waals surface area contributed by atoms with Crippen molar-refractivity contribution in [2.75, 3.05) is 0 Å². The second-order valence-corrected chi connectivity index (χ2v) is 6.20. The Labute approximate surface area is 130 Å². The van der Waals surface area contributed by atoms with Crippen LogP contribution < -0.4 is 5.36 Å². The summed E-state index contributed by atoms with van der Waals surface area (Å²) >= 11 is 0. The molecule has 2 aromatic rings. The van der Waals surface area contributed by atoms with Gasteiger partial charge in [-0.05, 0) is 31.0 Å². The first kappa shape index (κ1) is 14.7. The molecule has 0 radical (unpaired) electrons. The number of para-hydroxylation sites is 1. The Bertz CT molecular complexity index is 692. The van der Waals surface area contributed by atoms with Crippen LogP contribution in [-0.2, 0) is 4.79 Å². The van der Waals surface area contributed by atoms with Crippen molar-refractivity contribution in [2.24, 2.45) is 10.4 Å². The van der Waals surface area contributed by atoms with Crippen molar-refractivity contribution in [1.29, 1.82) is 0 Å². The van der Waals surface area contributed by atoms with Crippen molar-refractivity contribution in [2.45, 2.75) is 39.0 Å². The number of carbonyl (C=O) groups is 1. The van der Waals surface area contributed by atoms with Gasteiger partial charge >= 0.3 is 0 Å². The molecule has 0 aliphatic heterocycles. The number of nitrogens with zero attached hydrogens (tertiary/aromatic N) is 3. The third-order valence-electron chi connectivity index (χ3n) is 4.43. The van der Waals surface area contributed by atoms with Gasteiger partial charge in [0.15, 0.2) is 0 Å². The van der Waals surface area contributed by atoms with Crippen LogP contribution in [0.1, 0.15) is 39.0 Å². The molecular formula is C18H21N3O. The third kappa shape index (κ3) is 3.16. The summed E-state index contributed by atoms with van der Waals surface area (Å²) in [7, 11) is 0. The molecule has 0 unspecified atom stereocenters. The van der Waals surface area contributed by atoms with Crippen molar-refractivity contribution in [3.05, 3.63) is 54.1 Å². The van der Waals surface area contributed by atoms with Crippen molar-refractivity contribution in [1.82, 2.24) is 9.78 Å². The highest BCUT2D eigenvalue weighted by Gasteiger charge is 2.34. The molecular weight excluding hydrogens is 274 g/mol. The average Bonchev–Trinajstić information content (AvgIpc) is 2.57. The number of carbonyl (C=O) groups excluding carboxylic acids is 1. The maximum Gasteiger partial charge on any atom is 0.252 e. The fourth-order valence-corrected chi connectivity index (χ4v) is 2.95. The van der Waals surface area contributed by atoms with Crippen LogP contribution in [0.2, 0.25) is 0 Å². The third-order valence-corrected chi connectivity index (χ3v) is 4.43. The maximum absolute atomic E-state index is 12.4. The van der Waals surface area contributed by atoms with Crippen LogP contribution >= 0.6 is 0 Å². The Hall–Kier alpha value is -2.23. The van der Waals surface area contributed by atoms with E-state index >= 15 is 0 Å². The van der Waals surface area contributed by atoms with Gasteiger partial charge in [-0.1, -0.05) is 44.4 Å². The molecule has 0 N–H and O–H groups in total. The summed E-state index contributed by atoms with van der Waals surface area (Å²) in [6.45, 7) is 2.04. The largest absolute Gasteiger partial charge is 0.272 e. The van der Waals surface area contributed by atoms with Crippen LogP contribution in [0.4, 0.5) is 0 Å². The Kier molecular flexibility index (Phi) is 4.18. The Balaban J connectivity index is 1.82. The number of rotatable bonds is 2. The van der Waals surface area contributed by atoms with Crippen molar-refractivity contribution < 1.29 is 4.79 Å². The van der Waals surface area contributed by atoms with Gasteiger partial charge < -0.3 is 0 Å². The predicted octanol–water partition coefficient (Wildman–Crippen LogP) is 3.27. The van der Waals surface area contributed by atoms with E-state index in [1.54, 1.807) is 10.9 Å². The lowest BCUT2D eigenvalue weighted by atomic mass is 9.75. The predicted molar refractivity (Wildman–Crippen MR) is 85.3 cm³/mol. The lowest BCUT2D eigenvalue weighted by Gasteiger charge is -2.29. The second kappa shape index (κ2) is 6.26. The second-order valence-electron chi connectivity index (χ2n) is 6.20. The average molecular weight is 295 g/mol. The molecule has 1 fully saturated rings. The molecule has 1 aliphatic rings. The van der Waals surface area contributed by atoms with Gasteiger partial charge in [0, 0.05) is 11.6 Å². The van der Waals surface area contributed by atoms with E-state index < -0.39 is 0 Å². The minimum atomic E-state index is -0.288. The Morgan fingerprint density at radius 3 is 2.50 bits per heavy atom. The molecule has 1 aromatic heterocycles. The fourth-order valence-electron chi connectivity index (χ4n) is 2.95. The molecule has 3 rings (SSSR count). The van der Waals surface area contributed by atoms with E-state index in [-0.39, 0.29) is 11.3 Å². The van der Waals surface area contributed by atoms with Gasteiger partial charge in [0.1, 0.15) is 0 Å². The first-order chi connectivity index (χ1) is 10.7. The van der Waals surface area contributed by atoms with Gasteiger partial charge in [-0.3, -0.25) is 4.79 Å². The van der Waals surface area contributed by atoms with Crippen molar-refractivity contribution in [3.63, 3.8) is 0 Å². The van der Waals surface area contributed by atoms with E-state index in [1.807, 2.05) is 49.5 Å². The minimum absolute atomic E-state index is 0.00791. The monoisotopic (exact) mass is 295 g/mol. The van der Waals surface area contributed by atoms with Crippen LogP contribution in [0.15, 0.2) is 53.8 Å². The van der Waals surface area contributed by atoms with E-state index in [2.05, 4.69) is 10.1 Å². The lowest BCUT2D eigenvalue weighted by molar-refractivity contribution is -0.128. The molecule has 114 valence electrons. The first-order valence-corrected chi connectivity index (χ1v) is 7.87. The van der Waals surface area contributed by atoms with Gasteiger partial charge in [-0.25, -0.2) is 9.67 Å². The molecule has 0 atom stereocenters. The topological polar surface area (TPSA) is 47.2 Å². The maximum atomic E-state index is 12.4. The SMILES string of the molecule is CC1(C(=O)/N=c2\ccn(-c3ccccc3)nc2)CCCCC1. The zero-order chi connectivity index (χ0) is 15.4. The number of aromatic nitrogens is 2. The molecule has 1 amide bonds. The first-order valence-electron chi connectivity index (χ1n) is 7.87. The van der Waals surface area contributed by atoms with Gasteiger partial charge in [-0.15, -0.1) is 0 Å². The number of hydrogen-bond donors (Lipinski definition) is 0. The number of amides is 1. The highest BCUT2D eigenvalue weighted by atomic mass is 16.1. The fraction of sp³-hybridized carbons (Fsp3) is 0.389. The van der Waals surface area contributed by atoms with Gasteiger partial charge in [-0.2, -0.15) is 5.10 Å². The van der Waals surface area contributed by atoms with E-state index in [9.17, 15) is 4.79 Å². The summed E-state index contributed by atoms with van der Waals surface area (Å²) in [5, 5.41) is 4.97. The Morgan fingerprint density at radius 1 is 1.14 bits per heavy atom. The molecule has 1 saturated carbocycles. The summed E-state index contributed by atoms with van der Waals surface area (Å²) in [5.74, 6) is -0.00791. The van der Waals surface area contributed by atoms with Crippen molar-refractivity contribution in [3.8, 4) is 5.69 Å². The summed E-state index contributed by atoms with van der Waals surface area (Å²) in [6.07, 6.45) is 8.85. The highest BCUT2D eigenvalue weighted by Crippen LogP contribution is 2.36. The highest BCUT2D eigenvalue weighted by molar-refractivity contribution is 5.83. The summed E-state index contributed by atoms with van der Waals surface area (Å²) < 4.78 is 1.77. The molecule has 1 aliphatic carbocycles. The summed E-state index contributed by atoms with van der Waals surface area (Å²) in [6, 6.07) is 11.7. The van der Waals surface area contributed by atoms with Gasteiger partial charge in [0.25, 0.3) is 5.91 Å². The zero-order valence-electron chi connectivity index (χ0n) is 12.9. The van der Waals surface area contributed by atoms with E-state index in [4.69, 9.17) is 0 Å². The van der Waals surface area contributed by atoms with Gasteiger partial charge in [0.2, 0.25) is 0 Å².